The minimum Gasteiger partial charge on any atom is -0.465 e. The molecule has 0 unspecified atom stereocenters. The van der Waals surface area contributed by atoms with Crippen LogP contribution >= 0.6 is 0 Å². The van der Waals surface area contributed by atoms with Crippen LogP contribution in [0.4, 0.5) is 11.5 Å². The Morgan fingerprint density at radius 3 is 2.21 bits per heavy atom. The highest BCUT2D eigenvalue weighted by Gasteiger charge is 2.20. The van der Waals surface area contributed by atoms with E-state index in [0.717, 1.165) is 0 Å². The van der Waals surface area contributed by atoms with Crippen molar-refractivity contribution in [3.63, 3.8) is 0 Å². The third-order valence-electron chi connectivity index (χ3n) is 4.48. The number of hydrogen-bond acceptors (Lipinski definition) is 7. The summed E-state index contributed by atoms with van der Waals surface area (Å²) in [5, 5.41) is 2.71. The number of nitrogens with zero attached hydrogens (tertiary/aromatic N) is 4. The summed E-state index contributed by atoms with van der Waals surface area (Å²) in [7, 11) is 1.31. The third kappa shape index (κ3) is 4.43. The molecular weight excluding hydrogens is 362 g/mol. The van der Waals surface area contributed by atoms with Crippen LogP contribution in [0.15, 0.2) is 36.7 Å². The van der Waals surface area contributed by atoms with Crippen LogP contribution in [0, 0.1) is 0 Å². The lowest BCUT2D eigenvalue weighted by molar-refractivity contribution is -0.129. The summed E-state index contributed by atoms with van der Waals surface area (Å²) in [6, 6.07) is 6.36. The summed E-state index contributed by atoms with van der Waals surface area (Å²) in [5.41, 5.74) is 1.11. The summed E-state index contributed by atoms with van der Waals surface area (Å²) in [5.74, 6) is -0.103. The van der Waals surface area contributed by atoms with Crippen molar-refractivity contribution in [2.75, 3.05) is 43.5 Å². The van der Waals surface area contributed by atoms with Crippen LogP contribution in [0.3, 0.4) is 0 Å². The van der Waals surface area contributed by atoms with Crippen LogP contribution in [0.2, 0.25) is 0 Å². The molecule has 0 spiro atoms. The molecule has 1 fully saturated rings. The van der Waals surface area contributed by atoms with Crippen molar-refractivity contribution in [2.24, 2.45) is 0 Å². The van der Waals surface area contributed by atoms with Gasteiger partial charge in [-0.15, -0.1) is 0 Å². The molecule has 0 saturated carbocycles. The van der Waals surface area contributed by atoms with E-state index < -0.39 is 11.9 Å². The van der Waals surface area contributed by atoms with Crippen molar-refractivity contribution in [3.05, 3.63) is 47.9 Å². The van der Waals surface area contributed by atoms with Gasteiger partial charge in [0.15, 0.2) is 0 Å². The monoisotopic (exact) mass is 383 g/mol. The zero-order valence-corrected chi connectivity index (χ0v) is 15.7. The Hall–Kier alpha value is -3.49. The number of nitrogens with one attached hydrogen (secondary N) is 1. The van der Waals surface area contributed by atoms with Crippen molar-refractivity contribution in [3.8, 4) is 0 Å². The minimum absolute atomic E-state index is 0.0670. The zero-order chi connectivity index (χ0) is 20.1. The summed E-state index contributed by atoms with van der Waals surface area (Å²) in [6.45, 7) is 4.19. The molecule has 1 aliphatic heterocycles. The van der Waals surface area contributed by atoms with Crippen LogP contribution in [-0.4, -0.2) is 65.9 Å². The lowest BCUT2D eigenvalue weighted by Gasteiger charge is -2.34. The van der Waals surface area contributed by atoms with E-state index in [1.54, 1.807) is 42.3 Å². The molecule has 3 rings (SSSR count). The Labute approximate surface area is 162 Å². The van der Waals surface area contributed by atoms with Gasteiger partial charge in [0.05, 0.1) is 25.1 Å². The maximum absolute atomic E-state index is 12.3. The number of carbonyl (C=O) groups is 3. The molecule has 1 N–H and O–H groups in total. The molecule has 146 valence electrons. The van der Waals surface area contributed by atoms with Gasteiger partial charge in [-0.1, -0.05) is 0 Å². The summed E-state index contributed by atoms with van der Waals surface area (Å²) in [6.07, 6.45) is 2.98. The van der Waals surface area contributed by atoms with E-state index in [2.05, 4.69) is 20.0 Å². The number of rotatable bonds is 4. The highest BCUT2D eigenvalue weighted by atomic mass is 16.5. The van der Waals surface area contributed by atoms with Crippen LogP contribution in [0.25, 0.3) is 0 Å². The lowest BCUT2D eigenvalue weighted by atomic mass is 10.2. The highest BCUT2D eigenvalue weighted by Crippen LogP contribution is 2.14. The number of carbonyl (C=O) groups excluding carboxylic acids is 3. The lowest BCUT2D eigenvalue weighted by Crippen LogP contribution is -2.48. The molecule has 2 heterocycles. The maximum atomic E-state index is 12.3. The third-order valence-corrected chi connectivity index (χ3v) is 4.48. The molecular formula is C19H21N5O4. The van der Waals surface area contributed by atoms with Gasteiger partial charge in [0.25, 0.3) is 5.91 Å². The van der Waals surface area contributed by atoms with Gasteiger partial charge in [0.1, 0.15) is 11.5 Å². The van der Waals surface area contributed by atoms with Crippen molar-refractivity contribution in [1.29, 1.82) is 0 Å². The Kier molecular flexibility index (Phi) is 5.83. The van der Waals surface area contributed by atoms with Crippen molar-refractivity contribution < 1.29 is 19.1 Å². The number of aromatic nitrogens is 2. The van der Waals surface area contributed by atoms with E-state index in [-0.39, 0.29) is 11.6 Å². The molecule has 9 nitrogen and oxygen atoms in total. The topological polar surface area (TPSA) is 105 Å². The average Bonchev–Trinajstić information content (AvgIpc) is 2.74. The number of esters is 1. The highest BCUT2D eigenvalue weighted by molar-refractivity contribution is 6.03. The number of benzene rings is 1. The van der Waals surface area contributed by atoms with Crippen LogP contribution in [0.5, 0.6) is 0 Å². The Bertz CT molecular complexity index is 859. The van der Waals surface area contributed by atoms with Crippen molar-refractivity contribution in [2.45, 2.75) is 6.92 Å². The number of hydrogen-bond donors (Lipinski definition) is 1. The Morgan fingerprint density at radius 2 is 1.68 bits per heavy atom. The minimum atomic E-state index is -0.441. The van der Waals surface area contributed by atoms with E-state index >= 15 is 0 Å². The summed E-state index contributed by atoms with van der Waals surface area (Å²) < 4.78 is 4.64. The van der Waals surface area contributed by atoms with E-state index in [0.29, 0.717) is 43.2 Å². The first-order chi connectivity index (χ1) is 13.5. The molecule has 28 heavy (non-hydrogen) atoms. The van der Waals surface area contributed by atoms with Gasteiger partial charge in [-0.05, 0) is 24.3 Å². The van der Waals surface area contributed by atoms with Crippen LogP contribution in [-0.2, 0) is 9.53 Å². The quantitative estimate of drug-likeness (QED) is 0.791. The van der Waals surface area contributed by atoms with Gasteiger partial charge in [-0.2, -0.15) is 0 Å². The van der Waals surface area contributed by atoms with Crippen LogP contribution < -0.4 is 10.2 Å². The summed E-state index contributed by atoms with van der Waals surface area (Å²) in [4.78, 5) is 47.5. The van der Waals surface area contributed by atoms with Gasteiger partial charge in [-0.25, -0.2) is 14.8 Å². The number of methoxy groups -OCH3 is 1. The molecule has 0 bridgehead atoms. The fourth-order valence-corrected chi connectivity index (χ4v) is 2.85. The molecule has 1 aromatic heterocycles. The maximum Gasteiger partial charge on any atom is 0.337 e. The van der Waals surface area contributed by atoms with Crippen molar-refractivity contribution in [1.82, 2.24) is 14.9 Å². The zero-order valence-electron chi connectivity index (χ0n) is 15.7. The standard InChI is InChI=1S/C19H21N5O4/c1-13(25)23-7-9-24(10-8-23)17-12-20-16(11-21-17)18(26)22-15-5-3-14(4-6-15)19(27)28-2/h3-6,11-12H,7-10H2,1-2H3,(H,22,26). The van der Waals surface area contributed by atoms with Crippen LogP contribution in [0.1, 0.15) is 27.8 Å². The molecule has 2 amide bonds. The fraction of sp³-hybridized carbons (Fsp3) is 0.316. The SMILES string of the molecule is COC(=O)c1ccc(NC(=O)c2cnc(N3CCN(C(C)=O)CC3)cn2)cc1. The second-order valence-corrected chi connectivity index (χ2v) is 6.28. The largest absolute Gasteiger partial charge is 0.465 e. The van der Waals surface area contributed by atoms with E-state index in [1.807, 2.05) is 4.90 Å². The molecule has 0 aliphatic carbocycles. The summed E-state index contributed by atoms with van der Waals surface area (Å²) >= 11 is 0. The predicted molar refractivity (Wildman–Crippen MR) is 102 cm³/mol. The Balaban J connectivity index is 1.59. The predicted octanol–water partition coefficient (Wildman–Crippen LogP) is 1.18. The Morgan fingerprint density at radius 1 is 1.00 bits per heavy atom. The molecule has 1 saturated heterocycles. The normalized spacial score (nSPS) is 13.8. The van der Waals surface area contributed by atoms with Crippen molar-refractivity contribution >= 4 is 29.3 Å². The van der Waals surface area contributed by atoms with Gasteiger partial charge < -0.3 is 19.9 Å². The second kappa shape index (κ2) is 8.47. The van der Waals surface area contributed by atoms with E-state index in [4.69, 9.17) is 0 Å². The number of amides is 2. The number of piperazine rings is 1. The molecule has 9 heteroatoms. The first-order valence-electron chi connectivity index (χ1n) is 8.80. The van der Waals surface area contributed by atoms with E-state index in [1.165, 1.54) is 13.3 Å². The molecule has 2 aromatic rings. The molecule has 1 aliphatic rings. The molecule has 0 radical (unpaired) electrons. The number of ether oxygens (including phenoxy) is 1. The van der Waals surface area contributed by atoms with E-state index in [9.17, 15) is 14.4 Å². The second-order valence-electron chi connectivity index (χ2n) is 6.28. The van der Waals surface area contributed by atoms with Gasteiger partial charge in [-0.3, -0.25) is 9.59 Å². The molecule has 0 atom stereocenters. The first kappa shape index (κ1) is 19.3. The first-order valence-corrected chi connectivity index (χ1v) is 8.80. The van der Waals surface area contributed by atoms with Gasteiger partial charge >= 0.3 is 5.97 Å². The molecule has 1 aromatic carbocycles. The number of anilines is 2. The van der Waals surface area contributed by atoms with Gasteiger partial charge in [0.2, 0.25) is 5.91 Å². The average molecular weight is 383 g/mol. The fourth-order valence-electron chi connectivity index (χ4n) is 2.85. The van der Waals surface area contributed by atoms with Gasteiger partial charge in [0, 0.05) is 38.8 Å². The smallest absolute Gasteiger partial charge is 0.337 e.